The Balaban J connectivity index is 2.42. The standard InChI is InChI=1S/C24H20BrF3N4O4/c1-2-23(15-8-6-14(12-29)7-9-15)20(21(34)35)18(11-25)32(22(36)31(23)13-19(30)33)17-5-3-4-16(10-17)24(26,27)28/h3-10H,2,11,13H2,1H3,(H2,30,33)(H,34,35)/t23-/m1/s1. The number of alkyl halides is 4. The molecule has 2 aromatic carbocycles. The second kappa shape index (κ2) is 10.0. The second-order valence-electron chi connectivity index (χ2n) is 7.88. The molecule has 0 aliphatic carbocycles. The number of carbonyl (C=O) groups is 3. The van der Waals surface area contributed by atoms with Crippen LogP contribution in [0.4, 0.5) is 23.7 Å². The average Bonchev–Trinajstić information content (AvgIpc) is 2.84. The Labute approximate surface area is 212 Å². The van der Waals surface area contributed by atoms with Crippen LogP contribution in [0, 0.1) is 11.3 Å². The fourth-order valence-electron chi connectivity index (χ4n) is 4.45. The van der Waals surface area contributed by atoms with E-state index in [4.69, 9.17) is 11.0 Å². The number of nitrogens with zero attached hydrogens (tertiary/aromatic N) is 3. The molecule has 3 amide bonds. The van der Waals surface area contributed by atoms with Gasteiger partial charge < -0.3 is 15.7 Å². The molecule has 188 valence electrons. The molecular weight excluding hydrogens is 545 g/mol. The predicted molar refractivity (Wildman–Crippen MR) is 127 cm³/mol. The van der Waals surface area contributed by atoms with Crippen molar-refractivity contribution >= 4 is 39.5 Å². The van der Waals surface area contributed by atoms with E-state index in [1.54, 1.807) is 6.92 Å². The minimum atomic E-state index is -4.72. The van der Waals surface area contributed by atoms with Crippen molar-refractivity contribution in [3.8, 4) is 6.07 Å². The van der Waals surface area contributed by atoms with Crippen molar-refractivity contribution in [1.82, 2.24) is 4.90 Å². The van der Waals surface area contributed by atoms with E-state index in [2.05, 4.69) is 15.9 Å². The number of nitriles is 1. The van der Waals surface area contributed by atoms with Gasteiger partial charge in [-0.3, -0.25) is 9.69 Å². The molecule has 1 atom stereocenters. The summed E-state index contributed by atoms with van der Waals surface area (Å²) in [5.74, 6) is -2.40. The molecule has 1 aliphatic heterocycles. The number of urea groups is 1. The van der Waals surface area contributed by atoms with Crippen molar-refractivity contribution in [1.29, 1.82) is 5.26 Å². The summed E-state index contributed by atoms with van der Waals surface area (Å²) in [5.41, 5.74) is 2.56. The van der Waals surface area contributed by atoms with Gasteiger partial charge in [0.05, 0.1) is 34.2 Å². The fourth-order valence-corrected chi connectivity index (χ4v) is 4.98. The first-order chi connectivity index (χ1) is 16.9. The lowest BCUT2D eigenvalue weighted by Crippen LogP contribution is -2.62. The fraction of sp³-hybridized carbons (Fsp3) is 0.250. The van der Waals surface area contributed by atoms with Crippen LogP contribution in [-0.4, -0.2) is 39.8 Å². The van der Waals surface area contributed by atoms with Crippen LogP contribution < -0.4 is 10.6 Å². The quantitative estimate of drug-likeness (QED) is 0.483. The van der Waals surface area contributed by atoms with Crippen molar-refractivity contribution in [3.63, 3.8) is 0 Å². The third-order valence-corrected chi connectivity index (χ3v) is 6.48. The van der Waals surface area contributed by atoms with Crippen LogP contribution in [0.3, 0.4) is 0 Å². The van der Waals surface area contributed by atoms with E-state index in [9.17, 15) is 32.7 Å². The van der Waals surface area contributed by atoms with Gasteiger partial charge in [-0.15, -0.1) is 0 Å². The monoisotopic (exact) mass is 564 g/mol. The van der Waals surface area contributed by atoms with Crippen LogP contribution in [-0.2, 0) is 21.3 Å². The number of benzene rings is 2. The number of amides is 3. The van der Waals surface area contributed by atoms with Crippen molar-refractivity contribution in [2.24, 2.45) is 5.73 Å². The van der Waals surface area contributed by atoms with Crippen molar-refractivity contribution in [3.05, 3.63) is 76.5 Å². The zero-order chi connectivity index (χ0) is 26.8. The highest BCUT2D eigenvalue weighted by Gasteiger charge is 2.54. The number of carboxylic acid groups (broad SMARTS) is 1. The number of anilines is 1. The number of allylic oxidation sites excluding steroid dienone is 1. The van der Waals surface area contributed by atoms with E-state index in [1.807, 2.05) is 6.07 Å². The van der Waals surface area contributed by atoms with E-state index >= 15 is 0 Å². The minimum Gasteiger partial charge on any atom is -0.478 e. The molecule has 0 aromatic heterocycles. The smallest absolute Gasteiger partial charge is 0.416 e. The van der Waals surface area contributed by atoms with Gasteiger partial charge in [-0.25, -0.2) is 9.59 Å². The zero-order valence-corrected chi connectivity index (χ0v) is 20.4. The molecule has 0 bridgehead atoms. The molecule has 0 saturated heterocycles. The molecule has 0 saturated carbocycles. The number of nitrogens with two attached hydrogens (primary N) is 1. The second-order valence-corrected chi connectivity index (χ2v) is 8.44. The summed E-state index contributed by atoms with van der Waals surface area (Å²) in [6.07, 6.45) is -4.74. The lowest BCUT2D eigenvalue weighted by atomic mass is 9.75. The largest absolute Gasteiger partial charge is 0.478 e. The van der Waals surface area contributed by atoms with Gasteiger partial charge in [0, 0.05) is 5.33 Å². The first-order valence-electron chi connectivity index (χ1n) is 10.5. The van der Waals surface area contributed by atoms with Gasteiger partial charge in [-0.05, 0) is 42.3 Å². The highest BCUT2D eigenvalue weighted by molar-refractivity contribution is 9.09. The summed E-state index contributed by atoms with van der Waals surface area (Å²) < 4.78 is 40.2. The molecule has 2 aromatic rings. The Morgan fingerprint density at radius 3 is 2.31 bits per heavy atom. The van der Waals surface area contributed by atoms with Crippen molar-refractivity contribution in [2.45, 2.75) is 25.1 Å². The van der Waals surface area contributed by atoms with E-state index < -0.39 is 41.7 Å². The maximum absolute atomic E-state index is 13.9. The van der Waals surface area contributed by atoms with Crippen molar-refractivity contribution < 1.29 is 32.7 Å². The lowest BCUT2D eigenvalue weighted by Gasteiger charge is -2.50. The highest BCUT2D eigenvalue weighted by atomic mass is 79.9. The number of halogens is 4. The zero-order valence-electron chi connectivity index (χ0n) is 18.8. The number of aliphatic carboxylic acids is 1. The number of primary amides is 1. The Hall–Kier alpha value is -3.85. The molecule has 8 nitrogen and oxygen atoms in total. The topological polar surface area (TPSA) is 128 Å². The van der Waals surface area contributed by atoms with Gasteiger partial charge in [-0.1, -0.05) is 41.1 Å². The average molecular weight is 565 g/mol. The lowest BCUT2D eigenvalue weighted by molar-refractivity contribution is -0.137. The minimum absolute atomic E-state index is 0.0213. The maximum atomic E-state index is 13.9. The molecule has 36 heavy (non-hydrogen) atoms. The first kappa shape index (κ1) is 26.7. The van der Waals surface area contributed by atoms with Crippen molar-refractivity contribution in [2.75, 3.05) is 16.8 Å². The molecule has 1 heterocycles. The summed E-state index contributed by atoms with van der Waals surface area (Å²) in [5, 5.41) is 19.3. The molecular formula is C24H20BrF3N4O4. The Bertz CT molecular complexity index is 1290. The van der Waals surface area contributed by atoms with Gasteiger partial charge in [0.15, 0.2) is 0 Å². The van der Waals surface area contributed by atoms with Crippen LogP contribution in [0.2, 0.25) is 0 Å². The van der Waals surface area contributed by atoms with Crippen LogP contribution in [0.15, 0.2) is 59.8 Å². The molecule has 0 spiro atoms. The summed E-state index contributed by atoms with van der Waals surface area (Å²) in [6, 6.07) is 10.7. The number of hydrogen-bond acceptors (Lipinski definition) is 4. The van der Waals surface area contributed by atoms with Gasteiger partial charge in [-0.2, -0.15) is 18.4 Å². The van der Waals surface area contributed by atoms with Gasteiger partial charge >= 0.3 is 18.2 Å². The van der Waals surface area contributed by atoms with Crippen LogP contribution in [0.5, 0.6) is 0 Å². The van der Waals surface area contributed by atoms with E-state index in [0.29, 0.717) is 0 Å². The predicted octanol–water partition coefficient (Wildman–Crippen LogP) is 4.34. The first-order valence-corrected chi connectivity index (χ1v) is 11.6. The summed E-state index contributed by atoms with van der Waals surface area (Å²) in [4.78, 5) is 40.5. The molecule has 0 unspecified atom stereocenters. The van der Waals surface area contributed by atoms with E-state index in [0.717, 1.165) is 28.0 Å². The molecule has 3 N–H and O–H groups in total. The SMILES string of the molecule is CC[C@@]1(c2ccc(C#N)cc2)C(C(=O)O)=C(CBr)N(c2cccc(C(F)(F)F)c2)C(=O)N1CC(N)=O. The Morgan fingerprint density at radius 1 is 1.19 bits per heavy atom. The third-order valence-electron chi connectivity index (χ3n) is 5.94. The maximum Gasteiger partial charge on any atom is 0.416 e. The summed E-state index contributed by atoms with van der Waals surface area (Å²) >= 11 is 3.20. The summed E-state index contributed by atoms with van der Waals surface area (Å²) in [7, 11) is 0. The van der Waals surface area contributed by atoms with Gasteiger partial charge in [0.1, 0.15) is 12.1 Å². The molecule has 12 heteroatoms. The third kappa shape index (κ3) is 4.54. The number of carboxylic acids is 1. The normalized spacial score (nSPS) is 18.3. The van der Waals surface area contributed by atoms with Crippen LogP contribution in [0.1, 0.15) is 30.0 Å². The Morgan fingerprint density at radius 2 is 1.83 bits per heavy atom. The molecule has 1 aliphatic rings. The van der Waals surface area contributed by atoms with Gasteiger partial charge in [0.2, 0.25) is 5.91 Å². The summed E-state index contributed by atoms with van der Waals surface area (Å²) in [6.45, 7) is 0.892. The van der Waals surface area contributed by atoms with Crippen LogP contribution in [0.25, 0.3) is 0 Å². The highest BCUT2D eigenvalue weighted by Crippen LogP contribution is 2.47. The molecule has 3 rings (SSSR count). The number of carbonyl (C=O) groups excluding carboxylic acids is 2. The molecule has 0 fully saturated rings. The van der Waals surface area contributed by atoms with Gasteiger partial charge in [0.25, 0.3) is 0 Å². The van der Waals surface area contributed by atoms with E-state index in [1.165, 1.54) is 30.3 Å². The number of hydrogen-bond donors (Lipinski definition) is 2. The number of rotatable bonds is 7. The Kier molecular flexibility index (Phi) is 7.45. The molecule has 0 radical (unpaired) electrons. The van der Waals surface area contributed by atoms with Crippen LogP contribution >= 0.6 is 15.9 Å². The van der Waals surface area contributed by atoms with E-state index in [-0.39, 0.29) is 39.8 Å².